The van der Waals surface area contributed by atoms with E-state index in [2.05, 4.69) is 32.6 Å². The van der Waals surface area contributed by atoms with E-state index >= 15 is 0 Å². The van der Waals surface area contributed by atoms with Crippen molar-refractivity contribution in [2.75, 3.05) is 27.2 Å². The highest BCUT2D eigenvalue weighted by atomic mass is 127. The molecule has 1 fully saturated rings. The molecule has 124 valence electrons. The van der Waals surface area contributed by atoms with Crippen molar-refractivity contribution in [1.82, 2.24) is 20.5 Å². The number of nitrogens with one attached hydrogen (secondary N) is 2. The molecule has 22 heavy (non-hydrogen) atoms. The molecule has 0 spiro atoms. The van der Waals surface area contributed by atoms with E-state index in [0.717, 1.165) is 30.8 Å². The SMILES string of the molecule is CN=C(NCCN(C)C1CCCC1)NCc1ccccn1.I. The van der Waals surface area contributed by atoms with Crippen LogP contribution in [-0.2, 0) is 6.54 Å². The van der Waals surface area contributed by atoms with Crippen molar-refractivity contribution in [2.24, 2.45) is 4.99 Å². The highest BCUT2D eigenvalue weighted by molar-refractivity contribution is 14.0. The van der Waals surface area contributed by atoms with Gasteiger partial charge in [0.15, 0.2) is 5.96 Å². The Labute approximate surface area is 151 Å². The molecular formula is C16H28IN5. The van der Waals surface area contributed by atoms with Gasteiger partial charge in [0.05, 0.1) is 12.2 Å². The lowest BCUT2D eigenvalue weighted by molar-refractivity contribution is 0.249. The lowest BCUT2D eigenvalue weighted by atomic mass is 10.2. The molecule has 1 heterocycles. The van der Waals surface area contributed by atoms with Gasteiger partial charge in [0.1, 0.15) is 0 Å². The summed E-state index contributed by atoms with van der Waals surface area (Å²) in [5.74, 6) is 0.834. The van der Waals surface area contributed by atoms with Gasteiger partial charge in [-0.2, -0.15) is 0 Å². The fourth-order valence-electron chi connectivity index (χ4n) is 2.78. The monoisotopic (exact) mass is 417 g/mol. The number of rotatable bonds is 6. The predicted octanol–water partition coefficient (Wildman–Crippen LogP) is 2.24. The Morgan fingerprint density at radius 1 is 1.32 bits per heavy atom. The number of guanidine groups is 1. The molecule has 1 saturated carbocycles. The molecule has 0 aliphatic heterocycles. The summed E-state index contributed by atoms with van der Waals surface area (Å²) >= 11 is 0. The van der Waals surface area contributed by atoms with Gasteiger partial charge in [0.2, 0.25) is 0 Å². The van der Waals surface area contributed by atoms with Crippen molar-refractivity contribution < 1.29 is 0 Å². The molecule has 0 atom stereocenters. The first kappa shape index (κ1) is 19.2. The first-order chi connectivity index (χ1) is 10.3. The highest BCUT2D eigenvalue weighted by Crippen LogP contribution is 2.21. The van der Waals surface area contributed by atoms with E-state index in [1.54, 1.807) is 7.05 Å². The molecule has 1 aliphatic rings. The summed E-state index contributed by atoms with van der Waals surface area (Å²) in [7, 11) is 4.02. The van der Waals surface area contributed by atoms with Gasteiger partial charge < -0.3 is 15.5 Å². The van der Waals surface area contributed by atoms with Crippen LogP contribution in [0.25, 0.3) is 0 Å². The third-order valence-electron chi connectivity index (χ3n) is 4.09. The summed E-state index contributed by atoms with van der Waals surface area (Å²) in [5.41, 5.74) is 1.02. The number of aliphatic imine (C=N–C) groups is 1. The number of hydrogen-bond donors (Lipinski definition) is 2. The van der Waals surface area contributed by atoms with Crippen LogP contribution in [0.5, 0.6) is 0 Å². The van der Waals surface area contributed by atoms with Crippen molar-refractivity contribution in [3.63, 3.8) is 0 Å². The Bertz CT molecular complexity index is 431. The average Bonchev–Trinajstić information content (AvgIpc) is 3.06. The van der Waals surface area contributed by atoms with E-state index < -0.39 is 0 Å². The van der Waals surface area contributed by atoms with Crippen LogP contribution in [0.3, 0.4) is 0 Å². The summed E-state index contributed by atoms with van der Waals surface area (Å²) < 4.78 is 0. The Morgan fingerprint density at radius 2 is 2.09 bits per heavy atom. The summed E-state index contributed by atoms with van der Waals surface area (Å²) in [4.78, 5) is 11.0. The summed E-state index contributed by atoms with van der Waals surface area (Å²) in [5, 5.41) is 6.65. The average molecular weight is 417 g/mol. The number of hydrogen-bond acceptors (Lipinski definition) is 3. The van der Waals surface area contributed by atoms with E-state index in [1.807, 2.05) is 24.4 Å². The van der Waals surface area contributed by atoms with Crippen LogP contribution >= 0.6 is 24.0 Å². The molecular weight excluding hydrogens is 389 g/mol. The van der Waals surface area contributed by atoms with Gasteiger partial charge in [-0.3, -0.25) is 9.98 Å². The number of likely N-dealkylation sites (N-methyl/N-ethyl adjacent to an activating group) is 1. The minimum atomic E-state index is 0. The maximum atomic E-state index is 4.29. The molecule has 0 aromatic carbocycles. The smallest absolute Gasteiger partial charge is 0.191 e. The van der Waals surface area contributed by atoms with Crippen molar-refractivity contribution in [3.8, 4) is 0 Å². The number of halogens is 1. The van der Waals surface area contributed by atoms with Crippen LogP contribution in [-0.4, -0.2) is 49.1 Å². The Hall–Kier alpha value is -0.890. The van der Waals surface area contributed by atoms with E-state index in [0.29, 0.717) is 6.54 Å². The van der Waals surface area contributed by atoms with Gasteiger partial charge in [0.25, 0.3) is 0 Å². The molecule has 0 bridgehead atoms. The van der Waals surface area contributed by atoms with Crippen LogP contribution in [0.15, 0.2) is 29.4 Å². The van der Waals surface area contributed by atoms with Gasteiger partial charge in [0, 0.05) is 32.4 Å². The summed E-state index contributed by atoms with van der Waals surface area (Å²) in [6.07, 6.45) is 7.28. The molecule has 0 amide bonds. The second-order valence-electron chi connectivity index (χ2n) is 5.59. The molecule has 5 nitrogen and oxygen atoms in total. The second-order valence-corrected chi connectivity index (χ2v) is 5.59. The number of pyridine rings is 1. The van der Waals surface area contributed by atoms with E-state index in [-0.39, 0.29) is 24.0 Å². The van der Waals surface area contributed by atoms with Crippen LogP contribution in [0.1, 0.15) is 31.4 Å². The Morgan fingerprint density at radius 3 is 2.73 bits per heavy atom. The Kier molecular flexibility index (Phi) is 9.38. The first-order valence-corrected chi connectivity index (χ1v) is 7.84. The van der Waals surface area contributed by atoms with Crippen LogP contribution in [0.4, 0.5) is 0 Å². The molecule has 2 rings (SSSR count). The third-order valence-corrected chi connectivity index (χ3v) is 4.09. The van der Waals surface area contributed by atoms with Crippen molar-refractivity contribution in [1.29, 1.82) is 0 Å². The third kappa shape index (κ3) is 6.48. The molecule has 0 radical (unpaired) electrons. The lowest BCUT2D eigenvalue weighted by Crippen LogP contribution is -2.42. The minimum absolute atomic E-state index is 0. The van der Waals surface area contributed by atoms with E-state index in [1.165, 1.54) is 25.7 Å². The number of nitrogens with zero attached hydrogens (tertiary/aromatic N) is 3. The zero-order valence-corrected chi connectivity index (χ0v) is 15.9. The lowest BCUT2D eigenvalue weighted by Gasteiger charge is -2.24. The largest absolute Gasteiger partial charge is 0.355 e. The first-order valence-electron chi connectivity index (χ1n) is 7.84. The zero-order chi connectivity index (χ0) is 14.9. The van der Waals surface area contributed by atoms with Crippen molar-refractivity contribution in [3.05, 3.63) is 30.1 Å². The molecule has 6 heteroatoms. The molecule has 1 aromatic heterocycles. The molecule has 0 saturated heterocycles. The molecule has 1 aromatic rings. The van der Waals surface area contributed by atoms with Gasteiger partial charge in [-0.1, -0.05) is 18.9 Å². The van der Waals surface area contributed by atoms with Gasteiger partial charge in [-0.15, -0.1) is 24.0 Å². The minimum Gasteiger partial charge on any atom is -0.355 e. The standard InChI is InChI=1S/C16H27N5.HI/c1-17-16(20-13-14-7-5-6-10-18-14)19-11-12-21(2)15-8-3-4-9-15;/h5-7,10,15H,3-4,8-9,11-13H2,1-2H3,(H2,17,19,20);1H. The van der Waals surface area contributed by atoms with E-state index in [9.17, 15) is 0 Å². The maximum Gasteiger partial charge on any atom is 0.191 e. The molecule has 2 N–H and O–H groups in total. The summed E-state index contributed by atoms with van der Waals surface area (Å²) in [6, 6.07) is 6.70. The highest BCUT2D eigenvalue weighted by Gasteiger charge is 2.18. The van der Waals surface area contributed by atoms with Gasteiger partial charge in [-0.05, 0) is 32.0 Å². The van der Waals surface area contributed by atoms with Gasteiger partial charge >= 0.3 is 0 Å². The quantitative estimate of drug-likeness (QED) is 0.424. The fraction of sp³-hybridized carbons (Fsp3) is 0.625. The Balaban J connectivity index is 0.00000242. The van der Waals surface area contributed by atoms with E-state index in [4.69, 9.17) is 0 Å². The maximum absolute atomic E-state index is 4.29. The molecule has 1 aliphatic carbocycles. The van der Waals surface area contributed by atoms with Crippen LogP contribution in [0.2, 0.25) is 0 Å². The number of aromatic nitrogens is 1. The zero-order valence-electron chi connectivity index (χ0n) is 13.6. The van der Waals surface area contributed by atoms with Crippen molar-refractivity contribution >= 4 is 29.9 Å². The normalized spacial score (nSPS) is 15.7. The second kappa shape index (κ2) is 10.8. The van der Waals surface area contributed by atoms with Crippen LogP contribution in [0, 0.1) is 0 Å². The van der Waals surface area contributed by atoms with Crippen molar-refractivity contribution in [2.45, 2.75) is 38.3 Å². The summed E-state index contributed by atoms with van der Waals surface area (Å²) in [6.45, 7) is 2.66. The molecule has 0 unspecified atom stereocenters. The van der Waals surface area contributed by atoms with Gasteiger partial charge in [-0.25, -0.2) is 0 Å². The van der Waals surface area contributed by atoms with Crippen LogP contribution < -0.4 is 10.6 Å². The fourth-order valence-corrected chi connectivity index (χ4v) is 2.78. The topological polar surface area (TPSA) is 52.6 Å². The predicted molar refractivity (Wildman–Crippen MR) is 103 cm³/mol.